The van der Waals surface area contributed by atoms with Crippen LogP contribution >= 0.6 is 0 Å². The predicted octanol–water partition coefficient (Wildman–Crippen LogP) is 7.30. The summed E-state index contributed by atoms with van der Waals surface area (Å²) in [5.74, 6) is -0.524. The molecule has 0 saturated heterocycles. The molecule has 0 N–H and O–H groups in total. The minimum Gasteiger partial charge on any atom is -0.494 e. The number of halogens is 1. The summed E-state index contributed by atoms with van der Waals surface area (Å²) in [6.07, 6.45) is 6.61. The molecule has 1 heterocycles. The van der Waals surface area contributed by atoms with Crippen LogP contribution in [0.5, 0.6) is 5.75 Å². The lowest BCUT2D eigenvalue weighted by molar-refractivity contribution is -0.164. The van der Waals surface area contributed by atoms with Crippen LogP contribution in [0.1, 0.15) is 52.1 Å². The van der Waals surface area contributed by atoms with Crippen molar-refractivity contribution in [2.75, 3.05) is 26.3 Å². The van der Waals surface area contributed by atoms with Crippen molar-refractivity contribution in [3.8, 4) is 11.8 Å². The number of esters is 1. The summed E-state index contributed by atoms with van der Waals surface area (Å²) >= 11 is 0. The maximum Gasteiger partial charge on any atom is 0.334 e. The molecule has 1 aliphatic rings. The zero-order valence-electron chi connectivity index (χ0n) is 27.3. The van der Waals surface area contributed by atoms with Crippen LogP contribution < -0.4 is 4.74 Å². The molecule has 0 bridgehead atoms. The summed E-state index contributed by atoms with van der Waals surface area (Å²) in [7, 11) is 0. The standard InChI is InChI=1S/C40H38FN3O5/c1-2-25-47-36-19-15-34(16-20-36)38(48-26-22-31-8-10-32(27-42)11-9-31)29-44-24-23-43(28-37(45)33-13-17-35(41)18-14-33)40(44)49-39(46)21-12-30-6-4-3-5-7-30/h3-21,23-24,38,40H,2,22,25-26,28-29H2,1H3/b21-12+. The highest BCUT2D eigenvalue weighted by atomic mass is 19.1. The van der Waals surface area contributed by atoms with Crippen molar-refractivity contribution in [1.82, 2.24) is 9.80 Å². The average molecular weight is 660 g/mol. The molecule has 0 aromatic heterocycles. The first-order valence-electron chi connectivity index (χ1n) is 16.2. The van der Waals surface area contributed by atoms with Crippen molar-refractivity contribution >= 4 is 17.8 Å². The van der Waals surface area contributed by atoms with Crippen LogP contribution in [0.4, 0.5) is 4.39 Å². The molecular formula is C40H38FN3O5. The van der Waals surface area contributed by atoms with Crippen LogP contribution in [0.15, 0.2) is 122 Å². The Morgan fingerprint density at radius 1 is 0.898 bits per heavy atom. The fourth-order valence-corrected chi connectivity index (χ4v) is 5.20. The van der Waals surface area contributed by atoms with E-state index in [0.717, 1.165) is 28.9 Å². The molecule has 1 aliphatic heterocycles. The van der Waals surface area contributed by atoms with Gasteiger partial charge in [0.05, 0.1) is 37.9 Å². The Morgan fingerprint density at radius 2 is 1.61 bits per heavy atom. The van der Waals surface area contributed by atoms with Crippen molar-refractivity contribution in [1.29, 1.82) is 5.26 Å². The second-order valence-electron chi connectivity index (χ2n) is 11.4. The number of nitrogens with zero attached hydrogens (tertiary/aromatic N) is 3. The van der Waals surface area contributed by atoms with E-state index < -0.39 is 24.2 Å². The Labute approximate surface area is 286 Å². The molecule has 0 spiro atoms. The third-order valence-electron chi connectivity index (χ3n) is 7.84. The largest absolute Gasteiger partial charge is 0.494 e. The zero-order valence-corrected chi connectivity index (χ0v) is 27.3. The molecule has 9 heteroatoms. The molecule has 0 fully saturated rings. The van der Waals surface area contributed by atoms with Crippen LogP contribution in [0.2, 0.25) is 0 Å². The lowest BCUT2D eigenvalue weighted by atomic mass is 10.1. The van der Waals surface area contributed by atoms with Crippen molar-refractivity contribution in [3.05, 3.63) is 155 Å². The number of ether oxygens (including phenoxy) is 3. The monoisotopic (exact) mass is 659 g/mol. The number of rotatable bonds is 16. The summed E-state index contributed by atoms with van der Waals surface area (Å²) < 4.78 is 31.7. The van der Waals surface area contributed by atoms with Crippen LogP contribution in [0, 0.1) is 17.1 Å². The highest BCUT2D eigenvalue weighted by Gasteiger charge is 2.33. The smallest absolute Gasteiger partial charge is 0.334 e. The van der Waals surface area contributed by atoms with Gasteiger partial charge < -0.3 is 24.0 Å². The van der Waals surface area contributed by atoms with Gasteiger partial charge in [0.25, 0.3) is 6.35 Å². The molecule has 49 heavy (non-hydrogen) atoms. The number of Topliss-reactive ketones (excluding diaryl/α,β-unsaturated/α-hetero) is 1. The molecular weight excluding hydrogens is 621 g/mol. The fraction of sp³-hybridized carbons (Fsp3) is 0.225. The molecule has 0 radical (unpaired) electrons. The minimum atomic E-state index is -0.950. The molecule has 0 amide bonds. The van der Waals surface area contributed by atoms with Crippen LogP contribution in [0.25, 0.3) is 6.08 Å². The van der Waals surface area contributed by atoms with E-state index in [0.29, 0.717) is 37.3 Å². The van der Waals surface area contributed by atoms with Gasteiger partial charge in [-0.3, -0.25) is 4.79 Å². The van der Waals surface area contributed by atoms with Gasteiger partial charge in [0.2, 0.25) is 0 Å². The van der Waals surface area contributed by atoms with Gasteiger partial charge in [-0.15, -0.1) is 0 Å². The van der Waals surface area contributed by atoms with Gasteiger partial charge in [-0.25, -0.2) is 9.18 Å². The number of hydrogen-bond acceptors (Lipinski definition) is 8. The van der Waals surface area contributed by atoms with Gasteiger partial charge in [-0.1, -0.05) is 61.5 Å². The lowest BCUT2D eigenvalue weighted by Crippen LogP contribution is -2.45. The maximum atomic E-state index is 13.5. The Kier molecular flexibility index (Phi) is 12.3. The first-order chi connectivity index (χ1) is 23.9. The van der Waals surface area contributed by atoms with Gasteiger partial charge in [0, 0.05) is 24.0 Å². The van der Waals surface area contributed by atoms with E-state index in [1.54, 1.807) is 35.5 Å². The number of nitriles is 1. The lowest BCUT2D eigenvalue weighted by Gasteiger charge is -2.33. The van der Waals surface area contributed by atoms with Gasteiger partial charge in [0.15, 0.2) is 5.78 Å². The van der Waals surface area contributed by atoms with E-state index in [1.165, 1.54) is 30.3 Å². The third-order valence-corrected chi connectivity index (χ3v) is 7.84. The van der Waals surface area contributed by atoms with Crippen molar-refractivity contribution in [3.63, 3.8) is 0 Å². The first-order valence-corrected chi connectivity index (χ1v) is 16.2. The summed E-state index contributed by atoms with van der Waals surface area (Å²) in [5, 5.41) is 9.13. The van der Waals surface area contributed by atoms with Gasteiger partial charge in [-0.2, -0.15) is 5.26 Å². The summed E-state index contributed by atoms with van der Waals surface area (Å²) in [5.41, 5.74) is 3.70. The summed E-state index contributed by atoms with van der Waals surface area (Å²) in [6, 6.07) is 32.0. The number of ketones is 1. The van der Waals surface area contributed by atoms with E-state index in [9.17, 15) is 14.0 Å². The Bertz CT molecular complexity index is 1770. The van der Waals surface area contributed by atoms with Crippen LogP contribution in [-0.4, -0.2) is 54.2 Å². The summed E-state index contributed by atoms with van der Waals surface area (Å²) in [4.78, 5) is 29.8. The Morgan fingerprint density at radius 3 is 2.31 bits per heavy atom. The number of carbonyl (C=O) groups excluding carboxylic acids is 2. The van der Waals surface area contributed by atoms with E-state index in [4.69, 9.17) is 19.5 Å². The molecule has 0 aliphatic carbocycles. The number of hydrogen-bond donors (Lipinski definition) is 0. The topological polar surface area (TPSA) is 92.1 Å². The van der Waals surface area contributed by atoms with E-state index >= 15 is 0 Å². The number of benzene rings is 4. The molecule has 8 nitrogen and oxygen atoms in total. The fourth-order valence-electron chi connectivity index (χ4n) is 5.20. The van der Waals surface area contributed by atoms with Crippen LogP contribution in [-0.2, 0) is 20.7 Å². The molecule has 2 unspecified atom stereocenters. The minimum absolute atomic E-state index is 0.105. The van der Waals surface area contributed by atoms with Crippen molar-refractivity contribution in [2.45, 2.75) is 32.2 Å². The molecule has 0 saturated carbocycles. The highest BCUT2D eigenvalue weighted by molar-refractivity contribution is 5.97. The molecule has 250 valence electrons. The number of carbonyl (C=O) groups is 2. The average Bonchev–Trinajstić information content (AvgIpc) is 3.50. The van der Waals surface area contributed by atoms with Gasteiger partial charge >= 0.3 is 5.97 Å². The van der Waals surface area contributed by atoms with Crippen molar-refractivity contribution < 1.29 is 28.2 Å². The first kappa shape index (κ1) is 34.6. The third kappa shape index (κ3) is 10.1. The van der Waals surface area contributed by atoms with Gasteiger partial charge in [0.1, 0.15) is 17.7 Å². The Hall–Kier alpha value is -5.72. The van der Waals surface area contributed by atoms with Gasteiger partial charge in [-0.05, 0) is 84.1 Å². The van der Waals surface area contributed by atoms with E-state index in [1.807, 2.05) is 78.6 Å². The Balaban J connectivity index is 1.35. The van der Waals surface area contributed by atoms with E-state index in [-0.39, 0.29) is 12.3 Å². The second kappa shape index (κ2) is 17.4. The van der Waals surface area contributed by atoms with Crippen molar-refractivity contribution in [2.24, 2.45) is 0 Å². The highest BCUT2D eigenvalue weighted by Crippen LogP contribution is 2.27. The SMILES string of the molecule is CCCOc1ccc(C(CN2C=CN(CC(=O)c3ccc(F)cc3)C2OC(=O)/C=C/c2ccccc2)OCCc2ccc(C#N)cc2)cc1. The molecule has 5 rings (SSSR count). The van der Waals surface area contributed by atoms with E-state index in [2.05, 4.69) is 6.07 Å². The van der Waals surface area contributed by atoms with Crippen LogP contribution in [0.3, 0.4) is 0 Å². The second-order valence-corrected chi connectivity index (χ2v) is 11.4. The maximum absolute atomic E-state index is 13.5. The normalized spacial score (nSPS) is 14.5. The zero-order chi connectivity index (χ0) is 34.4. The summed E-state index contributed by atoms with van der Waals surface area (Å²) in [6.45, 7) is 3.24. The molecule has 2 atom stereocenters. The molecule has 4 aromatic rings. The predicted molar refractivity (Wildman–Crippen MR) is 184 cm³/mol. The quantitative estimate of drug-likeness (QED) is 0.0703. The molecule has 4 aromatic carbocycles.